The molecule has 0 N–H and O–H groups in total. The standard InChI is InChI=1S/C22H14BrN3O4S/c23-15-6-8-16(9-7-15)24-22-25(20(27)13-31-22)19-11-10-17(26(29)30)12-18(19)21(28)14-4-2-1-3-5-14/h1-12H,13H2. The van der Waals surface area contributed by atoms with Crippen LogP contribution < -0.4 is 4.90 Å². The summed E-state index contributed by atoms with van der Waals surface area (Å²) < 4.78 is 0.898. The van der Waals surface area contributed by atoms with Crippen molar-refractivity contribution in [1.82, 2.24) is 0 Å². The van der Waals surface area contributed by atoms with Crippen LogP contribution in [-0.4, -0.2) is 27.5 Å². The Labute approximate surface area is 190 Å². The molecular weight excluding hydrogens is 482 g/mol. The lowest BCUT2D eigenvalue weighted by Crippen LogP contribution is -2.30. The largest absolute Gasteiger partial charge is 0.289 e. The molecule has 1 fully saturated rings. The molecule has 154 valence electrons. The van der Waals surface area contributed by atoms with E-state index < -0.39 is 10.7 Å². The molecule has 1 heterocycles. The number of carbonyl (C=O) groups is 2. The zero-order valence-corrected chi connectivity index (χ0v) is 18.3. The van der Waals surface area contributed by atoms with Gasteiger partial charge in [0, 0.05) is 22.2 Å². The van der Waals surface area contributed by atoms with Gasteiger partial charge in [-0.05, 0) is 30.3 Å². The number of amides is 1. The first-order valence-corrected chi connectivity index (χ1v) is 10.9. The van der Waals surface area contributed by atoms with Crippen LogP contribution in [-0.2, 0) is 4.79 Å². The smallest absolute Gasteiger partial charge is 0.270 e. The number of hydrogen-bond donors (Lipinski definition) is 0. The fourth-order valence-corrected chi connectivity index (χ4v) is 4.21. The molecule has 1 aliphatic rings. The van der Waals surface area contributed by atoms with Crippen LogP contribution in [0.1, 0.15) is 15.9 Å². The van der Waals surface area contributed by atoms with Gasteiger partial charge < -0.3 is 0 Å². The van der Waals surface area contributed by atoms with E-state index in [0.29, 0.717) is 16.4 Å². The minimum absolute atomic E-state index is 0.0692. The normalized spacial score (nSPS) is 14.8. The lowest BCUT2D eigenvalue weighted by Gasteiger charge is -2.19. The lowest BCUT2D eigenvalue weighted by atomic mass is 10.0. The van der Waals surface area contributed by atoms with E-state index in [0.717, 1.165) is 4.47 Å². The molecule has 3 aromatic carbocycles. The highest BCUT2D eigenvalue weighted by molar-refractivity contribution is 9.10. The molecule has 9 heteroatoms. The first-order valence-electron chi connectivity index (χ1n) is 9.12. The van der Waals surface area contributed by atoms with E-state index >= 15 is 0 Å². The summed E-state index contributed by atoms with van der Waals surface area (Å²) in [6, 6.07) is 19.6. The van der Waals surface area contributed by atoms with Gasteiger partial charge in [-0.15, -0.1) is 0 Å². The Balaban J connectivity index is 1.83. The average molecular weight is 496 g/mol. The second-order valence-corrected chi connectivity index (χ2v) is 8.40. The quantitative estimate of drug-likeness (QED) is 0.270. The Morgan fingerprint density at radius 3 is 2.45 bits per heavy atom. The van der Waals surface area contributed by atoms with Gasteiger partial charge in [-0.1, -0.05) is 58.0 Å². The monoisotopic (exact) mass is 495 g/mol. The number of ketones is 1. The average Bonchev–Trinajstić information content (AvgIpc) is 3.14. The number of carbonyl (C=O) groups excluding carboxylic acids is 2. The van der Waals surface area contributed by atoms with Crippen LogP contribution in [0.25, 0.3) is 0 Å². The highest BCUT2D eigenvalue weighted by Crippen LogP contribution is 2.34. The molecule has 7 nitrogen and oxygen atoms in total. The molecule has 3 aromatic rings. The maximum absolute atomic E-state index is 13.2. The van der Waals surface area contributed by atoms with Gasteiger partial charge in [0.15, 0.2) is 11.0 Å². The van der Waals surface area contributed by atoms with Crippen LogP contribution in [0.2, 0.25) is 0 Å². The van der Waals surface area contributed by atoms with Gasteiger partial charge in [-0.25, -0.2) is 4.99 Å². The predicted molar refractivity (Wildman–Crippen MR) is 124 cm³/mol. The van der Waals surface area contributed by atoms with Gasteiger partial charge in [0.05, 0.1) is 27.6 Å². The molecule has 31 heavy (non-hydrogen) atoms. The number of hydrogen-bond acceptors (Lipinski definition) is 6. The van der Waals surface area contributed by atoms with Crippen LogP contribution in [0.5, 0.6) is 0 Å². The minimum Gasteiger partial charge on any atom is -0.289 e. The summed E-state index contributed by atoms with van der Waals surface area (Å²) >= 11 is 4.62. The molecule has 0 atom stereocenters. The third-order valence-corrected chi connectivity index (χ3v) is 5.98. The Bertz CT molecular complexity index is 1210. The molecule has 1 saturated heterocycles. The second kappa shape index (κ2) is 8.83. The molecule has 1 amide bonds. The number of amidine groups is 1. The van der Waals surface area contributed by atoms with Crippen LogP contribution in [0.4, 0.5) is 17.1 Å². The van der Waals surface area contributed by atoms with Crippen molar-refractivity contribution < 1.29 is 14.5 Å². The second-order valence-electron chi connectivity index (χ2n) is 6.54. The molecule has 0 saturated carbocycles. The van der Waals surface area contributed by atoms with Crippen molar-refractivity contribution >= 4 is 61.6 Å². The third kappa shape index (κ3) is 4.42. The summed E-state index contributed by atoms with van der Waals surface area (Å²) in [5, 5.41) is 11.7. The van der Waals surface area contributed by atoms with Gasteiger partial charge in [0.1, 0.15) is 0 Å². The summed E-state index contributed by atoms with van der Waals surface area (Å²) in [5.41, 5.74) is 1.12. The molecule has 0 bridgehead atoms. The van der Waals surface area contributed by atoms with Crippen molar-refractivity contribution in [3.63, 3.8) is 0 Å². The first-order chi connectivity index (χ1) is 14.9. The van der Waals surface area contributed by atoms with E-state index in [1.54, 1.807) is 42.5 Å². The van der Waals surface area contributed by atoms with E-state index in [2.05, 4.69) is 20.9 Å². The number of halogens is 1. The number of nitrogens with zero attached hydrogens (tertiary/aromatic N) is 3. The van der Waals surface area contributed by atoms with Crippen LogP contribution in [0.15, 0.2) is 82.3 Å². The van der Waals surface area contributed by atoms with Gasteiger partial charge in [-0.2, -0.15) is 0 Å². The maximum atomic E-state index is 13.2. The van der Waals surface area contributed by atoms with E-state index in [1.165, 1.54) is 34.9 Å². The van der Waals surface area contributed by atoms with Gasteiger partial charge in [0.2, 0.25) is 5.91 Å². The summed E-state index contributed by atoms with van der Waals surface area (Å²) in [6.07, 6.45) is 0. The van der Waals surface area contributed by atoms with Crippen molar-refractivity contribution in [2.24, 2.45) is 4.99 Å². The topological polar surface area (TPSA) is 92.9 Å². The number of aliphatic imine (C=N–C) groups is 1. The predicted octanol–water partition coefficient (Wildman–Crippen LogP) is 5.36. The van der Waals surface area contributed by atoms with Gasteiger partial charge in [-0.3, -0.25) is 24.6 Å². The van der Waals surface area contributed by atoms with Crippen molar-refractivity contribution in [3.8, 4) is 0 Å². The van der Waals surface area contributed by atoms with Crippen molar-refractivity contribution in [2.45, 2.75) is 0 Å². The SMILES string of the molecule is O=C(c1ccccc1)c1cc([N+](=O)[O-])ccc1N1C(=O)CSC1=Nc1ccc(Br)cc1. The van der Waals surface area contributed by atoms with E-state index in [-0.39, 0.29) is 28.6 Å². The van der Waals surface area contributed by atoms with E-state index in [1.807, 2.05) is 12.1 Å². The first kappa shape index (κ1) is 21.0. The Morgan fingerprint density at radius 1 is 1.06 bits per heavy atom. The number of nitro benzene ring substituents is 1. The van der Waals surface area contributed by atoms with Crippen LogP contribution >= 0.6 is 27.7 Å². The lowest BCUT2D eigenvalue weighted by molar-refractivity contribution is -0.384. The number of nitro groups is 1. The summed E-state index contributed by atoms with van der Waals surface area (Å²) in [7, 11) is 0. The van der Waals surface area contributed by atoms with Crippen LogP contribution in [0.3, 0.4) is 0 Å². The van der Waals surface area contributed by atoms with Gasteiger partial charge >= 0.3 is 0 Å². The highest BCUT2D eigenvalue weighted by atomic mass is 79.9. The molecule has 0 radical (unpaired) electrons. The molecule has 0 aliphatic carbocycles. The Morgan fingerprint density at radius 2 is 1.77 bits per heavy atom. The van der Waals surface area contributed by atoms with Crippen molar-refractivity contribution in [1.29, 1.82) is 0 Å². The highest BCUT2D eigenvalue weighted by Gasteiger charge is 2.33. The third-order valence-electron chi connectivity index (χ3n) is 4.53. The van der Waals surface area contributed by atoms with Crippen molar-refractivity contribution in [3.05, 3.63) is 98.5 Å². The van der Waals surface area contributed by atoms with Crippen LogP contribution in [0, 0.1) is 10.1 Å². The zero-order valence-electron chi connectivity index (χ0n) is 15.9. The fourth-order valence-electron chi connectivity index (χ4n) is 3.07. The minimum atomic E-state index is -0.567. The number of non-ortho nitro benzene ring substituents is 1. The molecule has 4 rings (SSSR count). The summed E-state index contributed by atoms with van der Waals surface area (Å²) in [6.45, 7) is 0. The maximum Gasteiger partial charge on any atom is 0.270 e. The van der Waals surface area contributed by atoms with Crippen molar-refractivity contribution in [2.75, 3.05) is 10.7 Å². The Hall–Kier alpha value is -3.30. The zero-order chi connectivity index (χ0) is 22.0. The number of rotatable bonds is 5. The number of thioether (sulfide) groups is 1. The summed E-state index contributed by atoms with van der Waals surface area (Å²) in [5.74, 6) is -0.505. The fraction of sp³-hybridized carbons (Fsp3) is 0.0455. The summed E-state index contributed by atoms with van der Waals surface area (Å²) in [4.78, 5) is 42.6. The molecular formula is C22H14BrN3O4S. The molecule has 0 aromatic heterocycles. The van der Waals surface area contributed by atoms with E-state index in [9.17, 15) is 19.7 Å². The van der Waals surface area contributed by atoms with Gasteiger partial charge in [0.25, 0.3) is 5.69 Å². The molecule has 1 aliphatic heterocycles. The number of anilines is 1. The van der Waals surface area contributed by atoms with E-state index in [4.69, 9.17) is 0 Å². The molecule has 0 spiro atoms. The Kier molecular flexibility index (Phi) is 5.97. The molecule has 0 unspecified atom stereocenters. The number of benzene rings is 3.